The number of aliphatic hydroxyl groups is 1. The molecule has 8 nitrogen and oxygen atoms in total. The summed E-state index contributed by atoms with van der Waals surface area (Å²) in [5.74, 6) is -3.59. The summed E-state index contributed by atoms with van der Waals surface area (Å²) in [5.41, 5.74) is -3.93. The number of halogens is 3. The number of benzene rings is 1. The first-order valence-electron chi connectivity index (χ1n) is 9.18. The van der Waals surface area contributed by atoms with E-state index in [1.807, 2.05) is 0 Å². The smallest absolute Gasteiger partial charge is 0.329 e. The monoisotopic (exact) mass is 436 g/mol. The van der Waals surface area contributed by atoms with Gasteiger partial charge in [0.05, 0.1) is 28.8 Å². The Morgan fingerprint density at radius 2 is 1.90 bits per heavy atom. The molecule has 0 radical (unpaired) electrons. The van der Waals surface area contributed by atoms with Crippen molar-refractivity contribution in [2.75, 3.05) is 0 Å². The highest BCUT2D eigenvalue weighted by atomic mass is 19.1. The summed E-state index contributed by atoms with van der Waals surface area (Å²) < 4.78 is 41.5. The Labute approximate surface area is 173 Å². The van der Waals surface area contributed by atoms with Gasteiger partial charge < -0.3 is 15.0 Å². The second-order valence-electron chi connectivity index (χ2n) is 7.47. The zero-order valence-electron chi connectivity index (χ0n) is 16.8. The van der Waals surface area contributed by atoms with Gasteiger partial charge in [-0.3, -0.25) is 19.1 Å². The number of aromatic nitrogens is 3. The van der Waals surface area contributed by atoms with E-state index in [0.717, 1.165) is 23.2 Å². The van der Waals surface area contributed by atoms with Gasteiger partial charge in [0, 0.05) is 6.07 Å². The molecule has 0 fully saturated rings. The molecule has 1 unspecified atom stereocenters. The van der Waals surface area contributed by atoms with E-state index in [2.05, 4.69) is 9.97 Å². The van der Waals surface area contributed by atoms with Gasteiger partial charge in [-0.2, -0.15) is 0 Å². The molecule has 1 atom stereocenters. The van der Waals surface area contributed by atoms with Gasteiger partial charge >= 0.3 is 5.69 Å². The number of carbonyl (C=O) groups excluding carboxylic acids is 1. The fraction of sp³-hybridized carbons (Fsp3) is 0.300. The van der Waals surface area contributed by atoms with E-state index >= 15 is 0 Å². The maximum absolute atomic E-state index is 14.2. The van der Waals surface area contributed by atoms with E-state index in [4.69, 9.17) is 0 Å². The molecule has 2 heterocycles. The number of hydrogen-bond acceptors (Lipinski definition) is 5. The standard InChI is InChI=1S/C20H19F3N4O4/c1-10(17-14(23)7-12(22)8-24-17)27(20(2,3)31)16(28)9-26-18(29)13-6-11(21)4-5-15(13)25-19(26)30/h4-8,10,31H,9H2,1-3H3,(H,25,30). The molecule has 0 bridgehead atoms. The van der Waals surface area contributed by atoms with Crippen LogP contribution in [0.5, 0.6) is 0 Å². The van der Waals surface area contributed by atoms with Gasteiger partial charge in [-0.1, -0.05) is 0 Å². The molecule has 2 N–H and O–H groups in total. The molecular formula is C20H19F3N4O4. The SMILES string of the molecule is CC(c1ncc(F)cc1F)N(C(=O)Cn1c(=O)[nH]c2ccc(F)cc2c1=O)C(C)(C)O. The minimum atomic E-state index is -1.86. The average molecular weight is 436 g/mol. The maximum atomic E-state index is 14.2. The third-order valence-corrected chi connectivity index (χ3v) is 4.71. The van der Waals surface area contributed by atoms with E-state index in [0.29, 0.717) is 10.6 Å². The Morgan fingerprint density at radius 1 is 1.23 bits per heavy atom. The van der Waals surface area contributed by atoms with E-state index in [1.54, 1.807) is 0 Å². The van der Waals surface area contributed by atoms with Crippen LogP contribution in [0, 0.1) is 17.5 Å². The normalized spacial score (nSPS) is 12.7. The first kappa shape index (κ1) is 22.2. The van der Waals surface area contributed by atoms with Gasteiger partial charge in [0.1, 0.15) is 29.7 Å². The number of amides is 1. The predicted molar refractivity (Wildman–Crippen MR) is 104 cm³/mol. The van der Waals surface area contributed by atoms with Crippen LogP contribution >= 0.6 is 0 Å². The van der Waals surface area contributed by atoms with Gasteiger partial charge in [0.25, 0.3) is 5.56 Å². The second-order valence-corrected chi connectivity index (χ2v) is 7.47. The zero-order chi connectivity index (χ0) is 23.1. The lowest BCUT2D eigenvalue weighted by molar-refractivity contribution is -0.160. The Balaban J connectivity index is 2.04. The van der Waals surface area contributed by atoms with E-state index in [9.17, 15) is 32.7 Å². The molecule has 1 aromatic carbocycles. The van der Waals surface area contributed by atoms with Crippen LogP contribution in [0.15, 0.2) is 40.1 Å². The van der Waals surface area contributed by atoms with Gasteiger partial charge in [0.15, 0.2) is 0 Å². The van der Waals surface area contributed by atoms with Crippen LogP contribution in [0.25, 0.3) is 10.9 Å². The van der Waals surface area contributed by atoms with Crippen molar-refractivity contribution < 1.29 is 23.1 Å². The van der Waals surface area contributed by atoms with Crippen LogP contribution < -0.4 is 11.2 Å². The van der Waals surface area contributed by atoms with Gasteiger partial charge in [-0.25, -0.2) is 18.0 Å². The average Bonchev–Trinajstić information content (AvgIpc) is 2.64. The van der Waals surface area contributed by atoms with Crippen molar-refractivity contribution in [3.05, 3.63) is 74.4 Å². The molecule has 3 aromatic rings. The molecule has 31 heavy (non-hydrogen) atoms. The second kappa shape index (κ2) is 7.99. The summed E-state index contributed by atoms with van der Waals surface area (Å²) in [4.78, 5) is 44.9. The first-order valence-corrected chi connectivity index (χ1v) is 9.18. The molecule has 11 heteroatoms. The molecule has 164 valence electrons. The van der Waals surface area contributed by atoms with Crippen molar-refractivity contribution >= 4 is 16.8 Å². The Hall–Kier alpha value is -3.47. The highest BCUT2D eigenvalue weighted by molar-refractivity contribution is 5.79. The van der Waals surface area contributed by atoms with E-state index in [-0.39, 0.29) is 16.6 Å². The molecule has 0 saturated carbocycles. The number of pyridine rings is 1. The summed E-state index contributed by atoms with van der Waals surface area (Å²) in [7, 11) is 0. The number of fused-ring (bicyclic) bond motifs is 1. The topological polar surface area (TPSA) is 108 Å². The molecule has 0 aliphatic heterocycles. The summed E-state index contributed by atoms with van der Waals surface area (Å²) in [6, 6.07) is 2.60. The number of hydrogen-bond donors (Lipinski definition) is 2. The minimum Gasteiger partial charge on any atom is -0.371 e. The minimum absolute atomic E-state index is 0.0883. The number of H-pyrrole nitrogens is 1. The van der Waals surface area contributed by atoms with Gasteiger partial charge in [-0.15, -0.1) is 0 Å². The Kier molecular flexibility index (Phi) is 5.72. The van der Waals surface area contributed by atoms with Crippen LogP contribution in [0.2, 0.25) is 0 Å². The molecule has 0 aliphatic rings. The number of nitrogens with zero attached hydrogens (tertiary/aromatic N) is 3. The highest BCUT2D eigenvalue weighted by Gasteiger charge is 2.35. The van der Waals surface area contributed by atoms with Crippen LogP contribution in [0.4, 0.5) is 13.2 Å². The Morgan fingerprint density at radius 3 is 2.52 bits per heavy atom. The highest BCUT2D eigenvalue weighted by Crippen LogP contribution is 2.27. The van der Waals surface area contributed by atoms with Crippen molar-refractivity contribution in [3.8, 4) is 0 Å². The fourth-order valence-electron chi connectivity index (χ4n) is 3.43. The zero-order valence-corrected chi connectivity index (χ0v) is 16.8. The number of carbonyl (C=O) groups is 1. The summed E-state index contributed by atoms with van der Waals surface area (Å²) in [5, 5.41) is 10.4. The number of rotatable bonds is 5. The number of aromatic amines is 1. The van der Waals surface area contributed by atoms with Gasteiger partial charge in [0.2, 0.25) is 5.91 Å². The van der Waals surface area contributed by atoms with Crippen LogP contribution in [-0.2, 0) is 11.3 Å². The molecule has 0 aliphatic carbocycles. The van der Waals surface area contributed by atoms with Crippen molar-refractivity contribution in [2.24, 2.45) is 0 Å². The molecule has 0 spiro atoms. The van der Waals surface area contributed by atoms with E-state index in [1.165, 1.54) is 26.8 Å². The molecular weight excluding hydrogens is 417 g/mol. The summed E-state index contributed by atoms with van der Waals surface area (Å²) in [6.45, 7) is 3.01. The van der Waals surface area contributed by atoms with Crippen LogP contribution in [0.1, 0.15) is 32.5 Å². The lowest BCUT2D eigenvalue weighted by Gasteiger charge is -2.38. The van der Waals surface area contributed by atoms with Crippen molar-refractivity contribution in [3.63, 3.8) is 0 Å². The quantitative estimate of drug-likeness (QED) is 0.594. The molecule has 1 amide bonds. The van der Waals surface area contributed by atoms with Crippen LogP contribution in [-0.4, -0.2) is 36.2 Å². The first-order chi connectivity index (χ1) is 14.4. The molecule has 0 saturated heterocycles. The summed E-state index contributed by atoms with van der Waals surface area (Å²) in [6.07, 6.45) is 0.759. The van der Waals surface area contributed by atoms with Crippen molar-refractivity contribution in [2.45, 2.75) is 39.1 Å². The van der Waals surface area contributed by atoms with E-state index < -0.39 is 52.9 Å². The van der Waals surface area contributed by atoms with Crippen molar-refractivity contribution in [1.29, 1.82) is 0 Å². The Bertz CT molecular complexity index is 1280. The fourth-order valence-corrected chi connectivity index (χ4v) is 3.43. The molecule has 2 aromatic heterocycles. The van der Waals surface area contributed by atoms with Crippen LogP contribution in [0.3, 0.4) is 0 Å². The summed E-state index contributed by atoms with van der Waals surface area (Å²) >= 11 is 0. The predicted octanol–water partition coefficient (Wildman–Crippen LogP) is 1.82. The lowest BCUT2D eigenvalue weighted by atomic mass is 10.1. The van der Waals surface area contributed by atoms with Crippen molar-refractivity contribution in [1.82, 2.24) is 19.4 Å². The maximum Gasteiger partial charge on any atom is 0.329 e. The number of nitrogens with one attached hydrogen (secondary N) is 1. The largest absolute Gasteiger partial charge is 0.371 e. The van der Waals surface area contributed by atoms with Gasteiger partial charge in [-0.05, 0) is 39.0 Å². The molecule has 3 rings (SSSR count). The third-order valence-electron chi connectivity index (χ3n) is 4.71. The third kappa shape index (κ3) is 4.36. The lowest BCUT2D eigenvalue weighted by Crippen LogP contribution is -2.52.